The fourth-order valence-corrected chi connectivity index (χ4v) is 0.786. The molecule has 54 valence electrons. The molecule has 0 saturated heterocycles. The number of aromatic nitrogens is 1. The second-order valence-corrected chi connectivity index (χ2v) is 2.14. The van der Waals surface area contributed by atoms with Crippen molar-refractivity contribution in [2.24, 2.45) is 0 Å². The molecule has 0 spiro atoms. The maximum Gasteiger partial charge on any atom is 0.0461 e. The second-order valence-electron chi connectivity index (χ2n) is 2.14. The Morgan fingerprint density at radius 1 is 1.70 bits per heavy atom. The molecule has 0 amide bonds. The van der Waals surface area contributed by atoms with Crippen molar-refractivity contribution in [1.82, 2.24) is 10.5 Å². The summed E-state index contributed by atoms with van der Waals surface area (Å²) in [4.78, 5) is 3.92. The number of rotatable bonds is 2. The molecular weight excluding hydrogens is 128 g/mol. The summed E-state index contributed by atoms with van der Waals surface area (Å²) in [5, 5.41) is 8.37. The van der Waals surface area contributed by atoms with Gasteiger partial charge in [0.05, 0.1) is 0 Å². The molecule has 2 N–H and O–H groups in total. The van der Waals surface area contributed by atoms with Crippen molar-refractivity contribution in [3.8, 4) is 0 Å². The Balaban J connectivity index is 2.81. The summed E-state index contributed by atoms with van der Waals surface area (Å²) >= 11 is 0. The summed E-state index contributed by atoms with van der Waals surface area (Å²) in [6.07, 6.45) is 3.48. The third kappa shape index (κ3) is 1.52. The van der Waals surface area contributed by atoms with E-state index in [9.17, 15) is 0 Å². The average molecular weight is 138 g/mol. The summed E-state index contributed by atoms with van der Waals surface area (Å²) in [7, 11) is 0. The first-order chi connectivity index (χ1) is 4.84. The van der Waals surface area contributed by atoms with E-state index in [1.54, 1.807) is 12.4 Å². The quantitative estimate of drug-likeness (QED) is 0.596. The average Bonchev–Trinajstić information content (AvgIpc) is 1.94. The third-order valence-electron chi connectivity index (χ3n) is 1.41. The largest absolute Gasteiger partial charge is 0.316 e. The maximum absolute atomic E-state index is 8.37. The highest BCUT2D eigenvalue weighted by molar-refractivity contribution is 5.20. The lowest BCUT2D eigenvalue weighted by Gasteiger charge is -2.00. The van der Waals surface area contributed by atoms with Crippen LogP contribution in [-0.2, 0) is 6.54 Å². The Labute approximate surface area is 59.7 Å². The van der Waals surface area contributed by atoms with Crippen LogP contribution in [0.2, 0.25) is 0 Å². The minimum Gasteiger partial charge on any atom is -0.316 e. The van der Waals surface area contributed by atoms with E-state index in [-0.39, 0.29) is 0 Å². The molecule has 0 unspecified atom stereocenters. The van der Waals surface area contributed by atoms with Gasteiger partial charge in [-0.05, 0) is 24.1 Å². The Kier molecular flexibility index (Phi) is 2.36. The molecule has 0 radical (unpaired) electrons. The van der Waals surface area contributed by atoms with Crippen molar-refractivity contribution in [3.05, 3.63) is 29.6 Å². The zero-order valence-corrected chi connectivity index (χ0v) is 5.83. The van der Waals surface area contributed by atoms with Crippen molar-refractivity contribution < 1.29 is 5.21 Å². The summed E-state index contributed by atoms with van der Waals surface area (Å²) in [5.74, 6) is 0. The van der Waals surface area contributed by atoms with Gasteiger partial charge in [0.2, 0.25) is 0 Å². The summed E-state index contributed by atoms with van der Waals surface area (Å²) in [6.45, 7) is 2.44. The number of hydroxylamine groups is 1. The molecule has 0 aliphatic carbocycles. The van der Waals surface area contributed by atoms with E-state index in [1.165, 1.54) is 0 Å². The number of pyridine rings is 1. The summed E-state index contributed by atoms with van der Waals surface area (Å²) < 4.78 is 0. The van der Waals surface area contributed by atoms with Crippen LogP contribution in [0.15, 0.2) is 18.5 Å². The molecule has 1 rings (SSSR count). The van der Waals surface area contributed by atoms with Crippen LogP contribution in [0.1, 0.15) is 11.1 Å². The topological polar surface area (TPSA) is 45.2 Å². The molecule has 0 aliphatic rings. The second kappa shape index (κ2) is 3.29. The van der Waals surface area contributed by atoms with Gasteiger partial charge in [-0.25, -0.2) is 5.48 Å². The van der Waals surface area contributed by atoms with Crippen molar-refractivity contribution in [3.63, 3.8) is 0 Å². The highest BCUT2D eigenvalue weighted by Gasteiger charge is 1.93. The van der Waals surface area contributed by atoms with Crippen LogP contribution in [0.3, 0.4) is 0 Å². The SMILES string of the molecule is Cc1cnccc1CNO. The standard InChI is InChI=1S/C7H10N2O/c1-6-4-8-3-2-7(6)5-9-10/h2-4,9-10H,5H2,1H3. The van der Waals surface area contributed by atoms with Gasteiger partial charge in [0.25, 0.3) is 0 Å². The highest BCUT2D eigenvalue weighted by atomic mass is 16.5. The first-order valence-corrected chi connectivity index (χ1v) is 3.11. The molecule has 10 heavy (non-hydrogen) atoms. The number of nitrogens with zero attached hydrogens (tertiary/aromatic N) is 1. The predicted octanol–water partition coefficient (Wildman–Crippen LogP) is 0.869. The van der Waals surface area contributed by atoms with E-state index in [4.69, 9.17) is 5.21 Å². The molecule has 0 aromatic carbocycles. The Morgan fingerprint density at radius 2 is 2.50 bits per heavy atom. The van der Waals surface area contributed by atoms with Gasteiger partial charge >= 0.3 is 0 Å². The molecule has 3 heteroatoms. The van der Waals surface area contributed by atoms with Gasteiger partial charge < -0.3 is 5.21 Å². The van der Waals surface area contributed by atoms with E-state index in [2.05, 4.69) is 10.5 Å². The molecule has 0 atom stereocenters. The molecule has 0 bridgehead atoms. The van der Waals surface area contributed by atoms with Crippen LogP contribution < -0.4 is 5.48 Å². The van der Waals surface area contributed by atoms with E-state index in [1.807, 2.05) is 13.0 Å². The fraction of sp³-hybridized carbons (Fsp3) is 0.286. The lowest BCUT2D eigenvalue weighted by molar-refractivity contribution is 0.161. The van der Waals surface area contributed by atoms with E-state index in [0.29, 0.717) is 6.54 Å². The van der Waals surface area contributed by atoms with Crippen LogP contribution in [0, 0.1) is 6.92 Å². The molecule has 1 heterocycles. The van der Waals surface area contributed by atoms with Crippen LogP contribution in [0.5, 0.6) is 0 Å². The number of hydrogen-bond acceptors (Lipinski definition) is 3. The van der Waals surface area contributed by atoms with Crippen LogP contribution in [0.4, 0.5) is 0 Å². The molecular formula is C7H10N2O. The third-order valence-corrected chi connectivity index (χ3v) is 1.41. The zero-order valence-electron chi connectivity index (χ0n) is 5.83. The minimum atomic E-state index is 0.481. The molecule has 0 aliphatic heterocycles. The van der Waals surface area contributed by atoms with Crippen LogP contribution in [0.25, 0.3) is 0 Å². The van der Waals surface area contributed by atoms with Gasteiger partial charge in [-0.2, -0.15) is 0 Å². The normalized spacial score (nSPS) is 9.80. The minimum absolute atomic E-state index is 0.481. The van der Waals surface area contributed by atoms with Crippen molar-refractivity contribution >= 4 is 0 Å². The lowest BCUT2D eigenvalue weighted by Crippen LogP contribution is -2.07. The molecule has 1 aromatic rings. The van der Waals surface area contributed by atoms with E-state index < -0.39 is 0 Å². The maximum atomic E-state index is 8.37. The highest BCUT2D eigenvalue weighted by Crippen LogP contribution is 2.02. The monoisotopic (exact) mass is 138 g/mol. The van der Waals surface area contributed by atoms with Gasteiger partial charge in [0.15, 0.2) is 0 Å². The smallest absolute Gasteiger partial charge is 0.0461 e. The van der Waals surface area contributed by atoms with Crippen molar-refractivity contribution in [1.29, 1.82) is 0 Å². The van der Waals surface area contributed by atoms with Crippen LogP contribution >= 0.6 is 0 Å². The molecule has 1 aromatic heterocycles. The zero-order chi connectivity index (χ0) is 7.40. The first kappa shape index (κ1) is 7.18. The Bertz CT molecular complexity index is 213. The van der Waals surface area contributed by atoms with Crippen molar-refractivity contribution in [2.75, 3.05) is 0 Å². The van der Waals surface area contributed by atoms with Crippen molar-refractivity contribution in [2.45, 2.75) is 13.5 Å². The van der Waals surface area contributed by atoms with E-state index >= 15 is 0 Å². The van der Waals surface area contributed by atoms with Gasteiger partial charge in [-0.15, -0.1) is 0 Å². The summed E-state index contributed by atoms with van der Waals surface area (Å²) in [5.41, 5.74) is 4.25. The van der Waals surface area contributed by atoms with Gasteiger partial charge in [0, 0.05) is 18.9 Å². The number of hydrogen-bond donors (Lipinski definition) is 2. The van der Waals surface area contributed by atoms with Crippen LogP contribution in [-0.4, -0.2) is 10.2 Å². The Hall–Kier alpha value is -0.930. The van der Waals surface area contributed by atoms with E-state index in [0.717, 1.165) is 11.1 Å². The van der Waals surface area contributed by atoms with Gasteiger partial charge in [-0.3, -0.25) is 4.98 Å². The first-order valence-electron chi connectivity index (χ1n) is 3.11. The number of nitrogens with one attached hydrogen (secondary N) is 1. The molecule has 3 nitrogen and oxygen atoms in total. The Morgan fingerprint density at radius 3 is 3.10 bits per heavy atom. The predicted molar refractivity (Wildman–Crippen MR) is 37.6 cm³/mol. The molecule has 0 saturated carbocycles. The van der Waals surface area contributed by atoms with Gasteiger partial charge in [0.1, 0.15) is 0 Å². The fourth-order valence-electron chi connectivity index (χ4n) is 0.786. The number of aryl methyl sites for hydroxylation is 1. The molecule has 0 fully saturated rings. The summed E-state index contributed by atoms with van der Waals surface area (Å²) in [6, 6.07) is 1.87. The lowest BCUT2D eigenvalue weighted by atomic mass is 10.2. The van der Waals surface area contributed by atoms with Gasteiger partial charge in [-0.1, -0.05) is 0 Å².